The summed E-state index contributed by atoms with van der Waals surface area (Å²) < 4.78 is 1.72. The summed E-state index contributed by atoms with van der Waals surface area (Å²) >= 11 is 0. The van der Waals surface area contributed by atoms with Crippen molar-refractivity contribution in [2.75, 3.05) is 0 Å². The molecule has 0 saturated heterocycles. The van der Waals surface area contributed by atoms with Crippen LogP contribution in [0.1, 0.15) is 49.0 Å². The number of fused-ring (bicyclic) bond motifs is 1. The summed E-state index contributed by atoms with van der Waals surface area (Å²) in [6.07, 6.45) is 6.92. The largest absolute Gasteiger partial charge is 0.324 e. The lowest BCUT2D eigenvalue weighted by atomic mass is 9.92. The monoisotopic (exact) mass is 292 g/mol. The number of rotatable bonds is 2. The zero-order valence-corrected chi connectivity index (χ0v) is 12.5. The van der Waals surface area contributed by atoms with E-state index >= 15 is 0 Å². The molecule has 2 N–H and O–H groups in total. The van der Waals surface area contributed by atoms with Crippen LogP contribution >= 0.6 is 12.4 Å². The van der Waals surface area contributed by atoms with Gasteiger partial charge in [-0.2, -0.15) is 0 Å². The van der Waals surface area contributed by atoms with E-state index < -0.39 is 0 Å². The minimum atomic E-state index is 0. The van der Waals surface area contributed by atoms with Gasteiger partial charge >= 0.3 is 0 Å². The molecule has 0 amide bonds. The van der Waals surface area contributed by atoms with Gasteiger partial charge in [-0.05, 0) is 30.4 Å². The minimum absolute atomic E-state index is 0. The van der Waals surface area contributed by atoms with E-state index in [0.29, 0.717) is 5.92 Å². The number of hydrogen-bond acceptors (Lipinski definition) is 2. The molecule has 3 rings (SSSR count). The molecule has 1 saturated carbocycles. The van der Waals surface area contributed by atoms with Crippen molar-refractivity contribution in [1.82, 2.24) is 4.57 Å². The Kier molecular flexibility index (Phi) is 4.51. The molecular formula is C16H21ClN2O. The van der Waals surface area contributed by atoms with Gasteiger partial charge in [-0.1, -0.05) is 31.0 Å². The summed E-state index contributed by atoms with van der Waals surface area (Å²) in [5.41, 5.74) is 8.55. The van der Waals surface area contributed by atoms with Crippen LogP contribution in [0.25, 0.3) is 10.9 Å². The van der Waals surface area contributed by atoms with Gasteiger partial charge in [0, 0.05) is 24.5 Å². The Morgan fingerprint density at radius 1 is 1.30 bits per heavy atom. The first-order valence-corrected chi connectivity index (χ1v) is 7.05. The first-order valence-electron chi connectivity index (χ1n) is 7.05. The van der Waals surface area contributed by atoms with Crippen LogP contribution in [0.5, 0.6) is 0 Å². The Hall–Kier alpha value is -1.32. The normalized spacial score (nSPS) is 17.1. The Balaban J connectivity index is 0.00000147. The summed E-state index contributed by atoms with van der Waals surface area (Å²) in [7, 11) is 0. The van der Waals surface area contributed by atoms with Gasteiger partial charge in [0.15, 0.2) is 0 Å². The van der Waals surface area contributed by atoms with Crippen molar-refractivity contribution in [3.63, 3.8) is 0 Å². The average Bonchev–Trinajstić information content (AvgIpc) is 3.05. The molecule has 3 nitrogen and oxygen atoms in total. The number of hydrogen-bond donors (Lipinski definition) is 1. The van der Waals surface area contributed by atoms with Crippen LogP contribution in [0.15, 0.2) is 30.5 Å². The fourth-order valence-corrected chi connectivity index (χ4v) is 3.30. The van der Waals surface area contributed by atoms with Crippen LogP contribution in [0.4, 0.5) is 0 Å². The fraction of sp³-hybridized carbons (Fsp3) is 0.438. The van der Waals surface area contributed by atoms with Crippen molar-refractivity contribution in [2.24, 2.45) is 11.7 Å². The maximum Gasteiger partial charge on any atom is 0.227 e. The van der Waals surface area contributed by atoms with Gasteiger partial charge in [0.25, 0.3) is 0 Å². The smallest absolute Gasteiger partial charge is 0.227 e. The lowest BCUT2D eigenvalue weighted by molar-refractivity contribution is 0.0941. The van der Waals surface area contributed by atoms with Crippen molar-refractivity contribution in [3.8, 4) is 0 Å². The van der Waals surface area contributed by atoms with Crippen molar-refractivity contribution in [2.45, 2.75) is 38.6 Å². The molecular weight excluding hydrogens is 272 g/mol. The summed E-state index contributed by atoms with van der Waals surface area (Å²) in [6.45, 7) is 1.59. The molecule has 4 heteroatoms. The highest BCUT2D eigenvalue weighted by atomic mass is 35.5. The number of nitrogens with zero attached hydrogens (tertiary/aromatic N) is 1. The molecule has 0 spiro atoms. The van der Waals surface area contributed by atoms with Crippen LogP contribution in [0, 0.1) is 5.92 Å². The first kappa shape index (κ1) is 15.1. The van der Waals surface area contributed by atoms with Gasteiger partial charge in [-0.25, -0.2) is 0 Å². The molecule has 1 aliphatic carbocycles. The van der Waals surface area contributed by atoms with Gasteiger partial charge in [-0.3, -0.25) is 9.36 Å². The molecule has 0 aliphatic heterocycles. The van der Waals surface area contributed by atoms with Gasteiger partial charge in [0.1, 0.15) is 0 Å². The zero-order valence-electron chi connectivity index (χ0n) is 11.7. The highest BCUT2D eigenvalue weighted by Crippen LogP contribution is 2.37. The third-order valence-electron chi connectivity index (χ3n) is 4.35. The number of benzene rings is 1. The summed E-state index contributed by atoms with van der Waals surface area (Å²) in [5, 5.41) is 1.12. The van der Waals surface area contributed by atoms with Crippen LogP contribution < -0.4 is 5.73 Å². The summed E-state index contributed by atoms with van der Waals surface area (Å²) in [5.74, 6) is 0.604. The van der Waals surface area contributed by atoms with Gasteiger partial charge in [-0.15, -0.1) is 12.4 Å². The molecule has 0 unspecified atom stereocenters. The molecule has 1 atom stereocenters. The number of nitrogens with two attached hydrogens (primary N) is 1. The molecule has 1 aromatic heterocycles. The van der Waals surface area contributed by atoms with Crippen molar-refractivity contribution in [3.05, 3.63) is 36.0 Å². The van der Waals surface area contributed by atoms with Crippen LogP contribution in [0.3, 0.4) is 0 Å². The van der Waals surface area contributed by atoms with Crippen molar-refractivity contribution in [1.29, 1.82) is 0 Å². The van der Waals surface area contributed by atoms with Crippen LogP contribution in [0.2, 0.25) is 0 Å². The number of aromatic nitrogens is 1. The van der Waals surface area contributed by atoms with Gasteiger partial charge < -0.3 is 5.73 Å². The molecule has 108 valence electrons. The Morgan fingerprint density at radius 2 is 1.95 bits per heavy atom. The van der Waals surface area contributed by atoms with Crippen molar-refractivity contribution >= 4 is 29.2 Å². The average molecular weight is 293 g/mol. The summed E-state index contributed by atoms with van der Waals surface area (Å²) in [4.78, 5) is 11.7. The number of para-hydroxylation sites is 1. The fourth-order valence-electron chi connectivity index (χ4n) is 3.30. The van der Waals surface area contributed by atoms with Gasteiger partial charge in [0.05, 0.1) is 5.52 Å². The van der Waals surface area contributed by atoms with E-state index in [-0.39, 0.29) is 24.4 Å². The maximum atomic E-state index is 11.7. The Labute approximate surface area is 125 Å². The second-order valence-electron chi connectivity index (χ2n) is 5.56. The molecule has 20 heavy (non-hydrogen) atoms. The molecule has 1 heterocycles. The Bertz CT molecular complexity index is 614. The summed E-state index contributed by atoms with van der Waals surface area (Å²) in [6, 6.07) is 8.08. The highest BCUT2D eigenvalue weighted by Gasteiger charge is 2.26. The maximum absolute atomic E-state index is 11.7. The Morgan fingerprint density at radius 3 is 2.60 bits per heavy atom. The predicted octanol–water partition coefficient (Wildman–Crippen LogP) is 3.91. The predicted molar refractivity (Wildman–Crippen MR) is 84.4 cm³/mol. The lowest BCUT2D eigenvalue weighted by Crippen LogP contribution is -2.18. The molecule has 0 bridgehead atoms. The second-order valence-corrected chi connectivity index (χ2v) is 5.56. The van der Waals surface area contributed by atoms with E-state index in [4.69, 9.17) is 5.73 Å². The standard InChI is InChI=1S/C16H20N2O.ClH/c1-11(19)18-10-14(13-8-4-5-9-15(13)18)16(17)12-6-2-3-7-12;/h4-5,8-10,12,16H,2-3,6-7,17H2,1H3;1H/t16-;/m0./s1. The minimum Gasteiger partial charge on any atom is -0.324 e. The lowest BCUT2D eigenvalue weighted by Gasteiger charge is -2.18. The third kappa shape index (κ3) is 2.48. The van der Waals surface area contributed by atoms with E-state index in [0.717, 1.165) is 16.5 Å². The SMILES string of the molecule is CC(=O)n1cc([C@@H](N)C2CCCC2)c2ccccc21.Cl. The molecule has 0 radical (unpaired) electrons. The van der Waals surface area contributed by atoms with E-state index in [9.17, 15) is 4.79 Å². The van der Waals surface area contributed by atoms with Crippen LogP contribution in [-0.4, -0.2) is 10.5 Å². The molecule has 1 fully saturated rings. The number of halogens is 1. The van der Waals surface area contributed by atoms with E-state index in [1.807, 2.05) is 24.4 Å². The van der Waals surface area contributed by atoms with E-state index in [1.165, 1.54) is 25.7 Å². The third-order valence-corrected chi connectivity index (χ3v) is 4.35. The highest BCUT2D eigenvalue weighted by molar-refractivity contribution is 5.93. The molecule has 2 aromatic rings. The molecule has 1 aliphatic rings. The first-order chi connectivity index (χ1) is 9.18. The van der Waals surface area contributed by atoms with Crippen LogP contribution in [-0.2, 0) is 0 Å². The number of carbonyl (C=O) groups is 1. The number of carbonyl (C=O) groups excluding carboxylic acids is 1. The molecule has 1 aromatic carbocycles. The zero-order chi connectivity index (χ0) is 13.4. The van der Waals surface area contributed by atoms with Crippen molar-refractivity contribution < 1.29 is 4.79 Å². The van der Waals surface area contributed by atoms with E-state index in [1.54, 1.807) is 11.5 Å². The second kappa shape index (κ2) is 5.98. The van der Waals surface area contributed by atoms with E-state index in [2.05, 4.69) is 6.07 Å². The van der Waals surface area contributed by atoms with Gasteiger partial charge in [0.2, 0.25) is 5.91 Å². The topological polar surface area (TPSA) is 48.0 Å². The quantitative estimate of drug-likeness (QED) is 0.912.